The van der Waals surface area contributed by atoms with Crippen LogP contribution < -0.4 is 3.71 Å². The van der Waals surface area contributed by atoms with Crippen LogP contribution in [0.25, 0.3) is 0 Å². The van der Waals surface area contributed by atoms with Gasteiger partial charge in [0.15, 0.2) is 0 Å². The first-order valence-electron chi connectivity index (χ1n) is 8.87. The number of hydrogen-bond acceptors (Lipinski definition) is 1. The molecule has 0 aliphatic rings. The number of aromatic nitrogens is 1. The molecule has 0 fully saturated rings. The fraction of sp³-hybridized carbons (Fsp3) is 0.737. The van der Waals surface area contributed by atoms with Crippen molar-refractivity contribution < 1.29 is 0 Å². The molecule has 0 unspecified atom stereocenters. The van der Waals surface area contributed by atoms with E-state index in [4.69, 9.17) is 4.98 Å². The standard InChI is InChI=1S/C13H27.C6H6N.Sn/c1-4-7-10-13(11-8-5-2)12-9-6-3;1-6-3-2-4-7-5-6;/h4-12H2,1-3H3;2-4H,1H3;. The molecule has 2 heteroatoms. The number of aryl methyl sites for hydroxylation is 1. The van der Waals surface area contributed by atoms with Gasteiger partial charge in [-0.1, -0.05) is 0 Å². The van der Waals surface area contributed by atoms with Gasteiger partial charge in [0.1, 0.15) is 0 Å². The number of unbranched alkanes of at least 4 members (excludes halogenated alkanes) is 3. The van der Waals surface area contributed by atoms with Gasteiger partial charge in [0.05, 0.1) is 0 Å². The third-order valence-electron chi connectivity index (χ3n) is 4.42. The molecule has 0 aromatic carbocycles. The Morgan fingerprint density at radius 1 is 0.952 bits per heavy atom. The first-order chi connectivity index (χ1) is 10.2. The topological polar surface area (TPSA) is 12.9 Å². The van der Waals surface area contributed by atoms with Crippen LogP contribution in [-0.2, 0) is 0 Å². The van der Waals surface area contributed by atoms with E-state index in [2.05, 4.69) is 39.8 Å². The Bertz CT molecular complexity index is 367. The molecule has 0 saturated carbocycles. The van der Waals surface area contributed by atoms with Gasteiger partial charge in [-0.15, -0.1) is 0 Å². The predicted molar refractivity (Wildman–Crippen MR) is 95.6 cm³/mol. The van der Waals surface area contributed by atoms with Gasteiger partial charge in [0.2, 0.25) is 0 Å². The molecule has 0 saturated heterocycles. The number of pyridine rings is 1. The Morgan fingerprint density at radius 3 is 1.90 bits per heavy atom. The fourth-order valence-corrected chi connectivity index (χ4v) is 8.19. The van der Waals surface area contributed by atoms with Gasteiger partial charge in [0.25, 0.3) is 0 Å². The molecule has 1 aromatic rings. The number of hydrogen-bond donors (Lipinski definition) is 0. The average Bonchev–Trinajstić information content (AvgIpc) is 2.51. The molecular weight excluding hydrogens is 361 g/mol. The molecule has 0 spiro atoms. The molecule has 1 nitrogen and oxygen atoms in total. The van der Waals surface area contributed by atoms with Crippen molar-refractivity contribution in [3.63, 3.8) is 0 Å². The Kier molecular flexibility index (Phi) is 9.62. The maximum atomic E-state index is 4.76. The Morgan fingerprint density at radius 2 is 1.48 bits per heavy atom. The molecule has 0 aliphatic heterocycles. The third-order valence-corrected chi connectivity index (χ3v) is 10.2. The van der Waals surface area contributed by atoms with Gasteiger partial charge < -0.3 is 0 Å². The van der Waals surface area contributed by atoms with Gasteiger partial charge in [-0.05, 0) is 0 Å². The quantitative estimate of drug-likeness (QED) is 0.455. The van der Waals surface area contributed by atoms with E-state index in [9.17, 15) is 0 Å². The zero-order valence-corrected chi connectivity index (χ0v) is 17.4. The minimum atomic E-state index is -0.638. The van der Waals surface area contributed by atoms with Crippen LogP contribution in [0.15, 0.2) is 18.3 Å². The van der Waals surface area contributed by atoms with Crippen molar-refractivity contribution in [2.45, 2.75) is 88.9 Å². The second-order valence-corrected chi connectivity index (χ2v) is 11.5. The maximum absolute atomic E-state index is 4.76. The number of rotatable bonds is 11. The van der Waals surface area contributed by atoms with E-state index in [0.29, 0.717) is 3.43 Å². The molecule has 0 bridgehead atoms. The summed E-state index contributed by atoms with van der Waals surface area (Å²) in [7, 11) is 0. The summed E-state index contributed by atoms with van der Waals surface area (Å²) < 4.78 is 2.16. The van der Waals surface area contributed by atoms with Crippen molar-refractivity contribution in [2.24, 2.45) is 0 Å². The van der Waals surface area contributed by atoms with Crippen LogP contribution in [0.5, 0.6) is 0 Å². The molecule has 1 aromatic heterocycles. The van der Waals surface area contributed by atoms with Crippen molar-refractivity contribution in [1.82, 2.24) is 4.98 Å². The van der Waals surface area contributed by atoms with Gasteiger partial charge in [-0.3, -0.25) is 0 Å². The average molecular weight is 394 g/mol. The summed E-state index contributed by atoms with van der Waals surface area (Å²) in [4.78, 5) is 4.76. The van der Waals surface area contributed by atoms with Crippen LogP contribution in [0.3, 0.4) is 0 Å². The Hall–Kier alpha value is -0.0513. The van der Waals surface area contributed by atoms with Crippen LogP contribution in [0.1, 0.15) is 84.1 Å². The summed E-state index contributed by atoms with van der Waals surface area (Å²) in [6, 6.07) is 4.34. The summed E-state index contributed by atoms with van der Waals surface area (Å²) in [5.41, 5.74) is 1.44. The molecule has 21 heavy (non-hydrogen) atoms. The SMILES string of the molecule is CCCC[C](CCCC)(CCCC)[Sn][c]1ncccc1C. The molecule has 1 rings (SSSR count). The molecule has 1 heterocycles. The van der Waals surface area contributed by atoms with Crippen LogP contribution in [0.2, 0.25) is 3.43 Å². The minimum absolute atomic E-state index is 0.638. The van der Waals surface area contributed by atoms with Gasteiger partial charge in [-0.25, -0.2) is 0 Å². The van der Waals surface area contributed by atoms with E-state index in [1.165, 1.54) is 67.1 Å². The molecule has 0 aliphatic carbocycles. The van der Waals surface area contributed by atoms with Gasteiger partial charge in [0, 0.05) is 0 Å². The summed E-state index contributed by atoms with van der Waals surface area (Å²) in [6.45, 7) is 9.26. The van der Waals surface area contributed by atoms with Gasteiger partial charge in [-0.2, -0.15) is 0 Å². The normalized spacial score (nSPS) is 11.8. The zero-order valence-electron chi connectivity index (χ0n) is 14.5. The molecule has 0 amide bonds. The van der Waals surface area contributed by atoms with Crippen molar-refractivity contribution in [2.75, 3.05) is 0 Å². The first-order valence-corrected chi connectivity index (χ1v) is 11.7. The second kappa shape index (κ2) is 10.6. The first kappa shape index (κ1) is 19.0. The van der Waals surface area contributed by atoms with Crippen LogP contribution in [0.4, 0.5) is 0 Å². The van der Waals surface area contributed by atoms with Crippen molar-refractivity contribution in [3.8, 4) is 0 Å². The summed E-state index contributed by atoms with van der Waals surface area (Å²) in [5.74, 6) is 0. The van der Waals surface area contributed by atoms with Crippen molar-refractivity contribution in [1.29, 1.82) is 0 Å². The molecule has 0 N–H and O–H groups in total. The van der Waals surface area contributed by atoms with Crippen molar-refractivity contribution >= 4 is 24.9 Å². The molecule has 2 radical (unpaired) electrons. The Labute approximate surface area is 142 Å². The summed E-state index contributed by atoms with van der Waals surface area (Å²) in [6.07, 6.45) is 14.6. The Balaban J connectivity index is 2.92. The zero-order chi connectivity index (χ0) is 15.6. The van der Waals surface area contributed by atoms with E-state index < -0.39 is 21.1 Å². The van der Waals surface area contributed by atoms with E-state index in [0.717, 1.165) is 0 Å². The second-order valence-electron chi connectivity index (χ2n) is 6.38. The monoisotopic (exact) mass is 395 g/mol. The van der Waals surface area contributed by atoms with E-state index >= 15 is 0 Å². The molecule has 118 valence electrons. The van der Waals surface area contributed by atoms with E-state index in [1.54, 1.807) is 0 Å². The predicted octanol–water partition coefficient (Wildman–Crippen LogP) is 5.45. The molecular formula is C19H33NSn. The summed E-state index contributed by atoms with van der Waals surface area (Å²) in [5, 5.41) is 0. The van der Waals surface area contributed by atoms with Crippen LogP contribution >= 0.6 is 0 Å². The fourth-order valence-electron chi connectivity index (χ4n) is 2.98. The van der Waals surface area contributed by atoms with E-state index in [-0.39, 0.29) is 0 Å². The van der Waals surface area contributed by atoms with Crippen molar-refractivity contribution in [3.05, 3.63) is 23.9 Å². The van der Waals surface area contributed by atoms with Gasteiger partial charge >= 0.3 is 143 Å². The van der Waals surface area contributed by atoms with Crippen LogP contribution in [-0.4, -0.2) is 26.1 Å². The summed E-state index contributed by atoms with van der Waals surface area (Å²) >= 11 is -0.638. The number of nitrogens with zero attached hydrogens (tertiary/aromatic N) is 1. The molecule has 0 atom stereocenters. The third kappa shape index (κ3) is 6.71. The van der Waals surface area contributed by atoms with E-state index in [1.807, 2.05) is 6.20 Å². The van der Waals surface area contributed by atoms with Crippen LogP contribution in [0, 0.1) is 6.92 Å².